The highest BCUT2D eigenvalue weighted by atomic mass is 16.3. The van der Waals surface area contributed by atoms with E-state index in [1.54, 1.807) is 6.92 Å². The SMILES string of the molecule is CC(O)c1cccc(C(C)C#N)c1. The molecule has 2 heteroatoms. The van der Waals surface area contributed by atoms with Crippen molar-refractivity contribution in [2.75, 3.05) is 0 Å². The minimum atomic E-state index is -0.467. The molecular formula is C11H13NO. The first-order chi connectivity index (χ1) is 6.15. The average molecular weight is 175 g/mol. The molecule has 2 nitrogen and oxygen atoms in total. The molecule has 2 unspecified atom stereocenters. The summed E-state index contributed by atoms with van der Waals surface area (Å²) in [6.45, 7) is 3.57. The topological polar surface area (TPSA) is 44.0 Å². The van der Waals surface area contributed by atoms with Crippen molar-refractivity contribution in [1.82, 2.24) is 0 Å². The summed E-state index contributed by atoms with van der Waals surface area (Å²) in [6, 6.07) is 9.67. The zero-order valence-electron chi connectivity index (χ0n) is 7.86. The molecule has 68 valence electrons. The highest BCUT2D eigenvalue weighted by molar-refractivity contribution is 5.30. The highest BCUT2D eigenvalue weighted by Crippen LogP contribution is 2.19. The van der Waals surface area contributed by atoms with Crippen molar-refractivity contribution in [2.45, 2.75) is 25.9 Å². The molecule has 0 aromatic heterocycles. The Morgan fingerprint density at radius 2 is 1.92 bits per heavy atom. The van der Waals surface area contributed by atoms with Crippen LogP contribution in [0.4, 0.5) is 0 Å². The van der Waals surface area contributed by atoms with Gasteiger partial charge in [0, 0.05) is 0 Å². The smallest absolute Gasteiger partial charge is 0.0762 e. The Balaban J connectivity index is 3.00. The van der Waals surface area contributed by atoms with Crippen molar-refractivity contribution >= 4 is 0 Å². The second kappa shape index (κ2) is 4.06. The molecule has 1 rings (SSSR count). The van der Waals surface area contributed by atoms with Gasteiger partial charge in [0.25, 0.3) is 0 Å². The van der Waals surface area contributed by atoms with Gasteiger partial charge < -0.3 is 5.11 Å². The van der Waals surface area contributed by atoms with Gasteiger partial charge in [-0.05, 0) is 25.0 Å². The largest absolute Gasteiger partial charge is 0.389 e. The Labute approximate surface area is 78.4 Å². The van der Waals surface area contributed by atoms with Crippen molar-refractivity contribution in [3.8, 4) is 6.07 Å². The number of benzene rings is 1. The fourth-order valence-electron chi connectivity index (χ4n) is 1.16. The molecule has 0 bridgehead atoms. The third-order valence-electron chi connectivity index (χ3n) is 2.09. The fraction of sp³-hybridized carbons (Fsp3) is 0.364. The molecule has 0 radical (unpaired) electrons. The predicted molar refractivity (Wildman–Crippen MR) is 51.1 cm³/mol. The lowest BCUT2D eigenvalue weighted by molar-refractivity contribution is 0.199. The van der Waals surface area contributed by atoms with Gasteiger partial charge in [-0.3, -0.25) is 0 Å². The minimum absolute atomic E-state index is 0.112. The second-order valence-electron chi connectivity index (χ2n) is 3.20. The van der Waals surface area contributed by atoms with Gasteiger partial charge in [0.05, 0.1) is 18.1 Å². The van der Waals surface area contributed by atoms with Crippen molar-refractivity contribution in [3.63, 3.8) is 0 Å². The Kier molecular flexibility index (Phi) is 3.05. The van der Waals surface area contributed by atoms with Crippen LogP contribution in [-0.2, 0) is 0 Å². The number of rotatable bonds is 2. The molecule has 0 saturated carbocycles. The number of nitrogens with zero attached hydrogens (tertiary/aromatic N) is 1. The molecule has 0 heterocycles. The quantitative estimate of drug-likeness (QED) is 0.749. The molecule has 1 aromatic rings. The lowest BCUT2D eigenvalue weighted by Gasteiger charge is -2.08. The highest BCUT2D eigenvalue weighted by Gasteiger charge is 2.06. The first-order valence-electron chi connectivity index (χ1n) is 4.32. The van der Waals surface area contributed by atoms with E-state index in [9.17, 15) is 5.11 Å². The number of nitriles is 1. The Hall–Kier alpha value is -1.33. The summed E-state index contributed by atoms with van der Waals surface area (Å²) < 4.78 is 0. The molecule has 0 saturated heterocycles. The van der Waals surface area contributed by atoms with Crippen molar-refractivity contribution in [3.05, 3.63) is 35.4 Å². The van der Waals surface area contributed by atoms with Crippen LogP contribution >= 0.6 is 0 Å². The maximum absolute atomic E-state index is 9.32. The number of hydrogen-bond donors (Lipinski definition) is 1. The van der Waals surface area contributed by atoms with Gasteiger partial charge in [-0.2, -0.15) is 5.26 Å². The Bertz CT molecular complexity index is 325. The number of aliphatic hydroxyl groups is 1. The third-order valence-corrected chi connectivity index (χ3v) is 2.09. The van der Waals surface area contributed by atoms with Crippen molar-refractivity contribution in [1.29, 1.82) is 5.26 Å². The van der Waals surface area contributed by atoms with E-state index in [0.717, 1.165) is 11.1 Å². The van der Waals surface area contributed by atoms with Gasteiger partial charge in [0.15, 0.2) is 0 Å². The number of hydrogen-bond acceptors (Lipinski definition) is 2. The van der Waals surface area contributed by atoms with Gasteiger partial charge in [-0.25, -0.2) is 0 Å². The van der Waals surface area contributed by atoms with E-state index in [2.05, 4.69) is 6.07 Å². The van der Waals surface area contributed by atoms with E-state index in [4.69, 9.17) is 5.26 Å². The van der Waals surface area contributed by atoms with E-state index >= 15 is 0 Å². The molecule has 2 atom stereocenters. The molecule has 0 fully saturated rings. The lowest BCUT2D eigenvalue weighted by atomic mass is 9.99. The van der Waals surface area contributed by atoms with Gasteiger partial charge in [0.2, 0.25) is 0 Å². The zero-order chi connectivity index (χ0) is 9.84. The summed E-state index contributed by atoms with van der Waals surface area (Å²) in [5, 5.41) is 18.0. The van der Waals surface area contributed by atoms with Crippen LogP contribution < -0.4 is 0 Å². The van der Waals surface area contributed by atoms with E-state index < -0.39 is 6.10 Å². The molecule has 1 N–H and O–H groups in total. The molecule has 0 amide bonds. The van der Waals surface area contributed by atoms with Crippen LogP contribution in [0.15, 0.2) is 24.3 Å². The average Bonchev–Trinajstić information content (AvgIpc) is 2.17. The molecule has 1 aromatic carbocycles. The van der Waals surface area contributed by atoms with Gasteiger partial charge in [-0.15, -0.1) is 0 Å². The van der Waals surface area contributed by atoms with E-state index in [1.807, 2.05) is 31.2 Å². The van der Waals surface area contributed by atoms with Crippen molar-refractivity contribution < 1.29 is 5.11 Å². The molecular weight excluding hydrogens is 162 g/mol. The predicted octanol–water partition coefficient (Wildman–Crippen LogP) is 2.37. The summed E-state index contributed by atoms with van der Waals surface area (Å²) >= 11 is 0. The third kappa shape index (κ3) is 2.30. The molecule has 0 spiro atoms. The Morgan fingerprint density at radius 3 is 2.46 bits per heavy atom. The molecule has 0 aliphatic heterocycles. The summed E-state index contributed by atoms with van der Waals surface area (Å²) in [4.78, 5) is 0. The van der Waals surface area contributed by atoms with Gasteiger partial charge in [0.1, 0.15) is 0 Å². The lowest BCUT2D eigenvalue weighted by Crippen LogP contribution is -1.95. The normalized spacial score (nSPS) is 14.6. The Morgan fingerprint density at radius 1 is 1.31 bits per heavy atom. The number of aliphatic hydroxyl groups excluding tert-OH is 1. The fourth-order valence-corrected chi connectivity index (χ4v) is 1.16. The summed E-state index contributed by atoms with van der Waals surface area (Å²) in [5.74, 6) is -0.112. The van der Waals surface area contributed by atoms with E-state index in [-0.39, 0.29) is 5.92 Å². The maximum atomic E-state index is 9.32. The molecule has 13 heavy (non-hydrogen) atoms. The second-order valence-corrected chi connectivity index (χ2v) is 3.20. The van der Waals surface area contributed by atoms with E-state index in [0.29, 0.717) is 0 Å². The maximum Gasteiger partial charge on any atom is 0.0762 e. The van der Waals surface area contributed by atoms with Gasteiger partial charge >= 0.3 is 0 Å². The minimum Gasteiger partial charge on any atom is -0.389 e. The van der Waals surface area contributed by atoms with Gasteiger partial charge in [-0.1, -0.05) is 24.3 Å². The summed E-state index contributed by atoms with van der Waals surface area (Å²) in [7, 11) is 0. The van der Waals surface area contributed by atoms with Crippen LogP contribution in [0.3, 0.4) is 0 Å². The monoisotopic (exact) mass is 175 g/mol. The zero-order valence-corrected chi connectivity index (χ0v) is 7.86. The van der Waals surface area contributed by atoms with Crippen LogP contribution in [0.5, 0.6) is 0 Å². The molecule has 0 aliphatic carbocycles. The van der Waals surface area contributed by atoms with E-state index in [1.165, 1.54) is 0 Å². The van der Waals surface area contributed by atoms with Crippen LogP contribution in [0, 0.1) is 11.3 Å². The molecule has 0 aliphatic rings. The van der Waals surface area contributed by atoms with Crippen molar-refractivity contribution in [2.24, 2.45) is 0 Å². The van der Waals surface area contributed by atoms with Crippen LogP contribution in [0.25, 0.3) is 0 Å². The van der Waals surface area contributed by atoms with Crippen LogP contribution in [0.1, 0.15) is 37.0 Å². The van der Waals surface area contributed by atoms with Crippen LogP contribution in [0.2, 0.25) is 0 Å². The first kappa shape index (κ1) is 9.76. The standard InChI is InChI=1S/C11H13NO/c1-8(7-12)10-4-3-5-11(6-10)9(2)13/h3-6,8-9,13H,1-2H3. The summed E-state index contributed by atoms with van der Waals surface area (Å²) in [5.41, 5.74) is 1.82. The summed E-state index contributed by atoms with van der Waals surface area (Å²) in [6.07, 6.45) is -0.467. The van der Waals surface area contributed by atoms with Crippen LogP contribution in [-0.4, -0.2) is 5.11 Å². The first-order valence-corrected chi connectivity index (χ1v) is 4.32.